The van der Waals surface area contributed by atoms with Crippen LogP contribution < -0.4 is 5.73 Å². The number of amides is 2. The van der Waals surface area contributed by atoms with Crippen LogP contribution in [0.1, 0.15) is 23.7 Å². The van der Waals surface area contributed by atoms with Crippen LogP contribution in [-0.4, -0.2) is 39.8 Å². The van der Waals surface area contributed by atoms with Gasteiger partial charge in [0.1, 0.15) is 0 Å². The van der Waals surface area contributed by atoms with Gasteiger partial charge in [0.15, 0.2) is 5.75 Å². The van der Waals surface area contributed by atoms with Crippen molar-refractivity contribution in [1.29, 1.82) is 0 Å². The minimum Gasteiger partial charge on any atom is -0.502 e. The topological polar surface area (TPSA) is 127 Å². The van der Waals surface area contributed by atoms with E-state index in [9.17, 15) is 24.8 Å². The highest BCUT2D eigenvalue weighted by Gasteiger charge is 2.40. The molecule has 1 heterocycles. The van der Waals surface area contributed by atoms with Gasteiger partial charge in [0.25, 0.3) is 5.91 Å². The molecule has 0 radical (unpaired) electrons. The lowest BCUT2D eigenvalue weighted by Gasteiger charge is -2.21. The molecule has 2 amide bonds. The Balaban J connectivity index is 2.20. The number of phenolic OH excluding ortho intramolecular Hbond substituents is 1. The molecule has 8 nitrogen and oxygen atoms in total. The number of phenols is 1. The quantitative estimate of drug-likeness (QED) is 0.624. The molecule has 21 heavy (non-hydrogen) atoms. The molecule has 1 aliphatic rings. The van der Waals surface area contributed by atoms with Gasteiger partial charge in [-0.05, 0) is 25.5 Å². The van der Waals surface area contributed by atoms with Crippen LogP contribution >= 0.6 is 0 Å². The van der Waals surface area contributed by atoms with Gasteiger partial charge in [0, 0.05) is 24.7 Å². The van der Waals surface area contributed by atoms with Gasteiger partial charge in [-0.1, -0.05) is 0 Å². The maximum absolute atomic E-state index is 12.3. The van der Waals surface area contributed by atoms with Gasteiger partial charge in [-0.3, -0.25) is 19.7 Å². The van der Waals surface area contributed by atoms with E-state index in [2.05, 4.69) is 0 Å². The van der Waals surface area contributed by atoms with Crippen molar-refractivity contribution in [2.45, 2.75) is 13.3 Å². The number of nitrogens with zero attached hydrogens (tertiary/aromatic N) is 2. The summed E-state index contributed by atoms with van der Waals surface area (Å²) < 4.78 is 0. The van der Waals surface area contributed by atoms with Crippen LogP contribution in [-0.2, 0) is 4.79 Å². The number of carbonyl (C=O) groups excluding carboxylic acids is 2. The molecule has 1 aromatic carbocycles. The van der Waals surface area contributed by atoms with Crippen LogP contribution in [0.25, 0.3) is 0 Å². The third-order valence-electron chi connectivity index (χ3n) is 3.77. The van der Waals surface area contributed by atoms with E-state index in [0.717, 1.165) is 12.1 Å². The third-order valence-corrected chi connectivity index (χ3v) is 3.77. The number of nitro groups is 1. The number of primary amides is 1. The molecule has 1 aromatic rings. The lowest BCUT2D eigenvalue weighted by Crippen LogP contribution is -2.38. The number of aromatic hydroxyl groups is 1. The molecular formula is C13H15N3O5. The molecule has 2 rings (SSSR count). The first-order chi connectivity index (χ1) is 9.74. The predicted molar refractivity (Wildman–Crippen MR) is 72.6 cm³/mol. The average Bonchev–Trinajstić information content (AvgIpc) is 2.81. The Morgan fingerprint density at radius 2 is 2.14 bits per heavy atom. The number of benzene rings is 1. The second-order valence-corrected chi connectivity index (χ2v) is 5.36. The number of carbonyl (C=O) groups is 2. The van der Waals surface area contributed by atoms with Crippen molar-refractivity contribution >= 4 is 17.5 Å². The minimum absolute atomic E-state index is 0.131. The fraction of sp³-hybridized carbons (Fsp3) is 0.385. The molecule has 1 atom stereocenters. The van der Waals surface area contributed by atoms with E-state index in [1.807, 2.05) is 0 Å². The van der Waals surface area contributed by atoms with Gasteiger partial charge >= 0.3 is 5.69 Å². The minimum atomic E-state index is -0.765. The molecule has 0 bridgehead atoms. The summed E-state index contributed by atoms with van der Waals surface area (Å²) in [6.07, 6.45) is 0.465. The van der Waals surface area contributed by atoms with E-state index < -0.39 is 33.6 Å². The van der Waals surface area contributed by atoms with Gasteiger partial charge in [0.2, 0.25) is 5.91 Å². The molecule has 0 aliphatic carbocycles. The molecule has 8 heteroatoms. The van der Waals surface area contributed by atoms with Crippen LogP contribution in [0.2, 0.25) is 0 Å². The molecule has 1 aliphatic heterocycles. The first-order valence-electron chi connectivity index (χ1n) is 6.31. The van der Waals surface area contributed by atoms with Crippen molar-refractivity contribution in [3.8, 4) is 5.75 Å². The SMILES string of the molecule is CC1(C(N)=O)CCN(C(=O)c2ccc([N+](=O)[O-])c(O)c2)C1. The summed E-state index contributed by atoms with van der Waals surface area (Å²) >= 11 is 0. The molecule has 0 spiro atoms. The summed E-state index contributed by atoms with van der Waals surface area (Å²) in [6, 6.07) is 3.41. The Kier molecular flexibility index (Phi) is 3.54. The van der Waals surface area contributed by atoms with Crippen LogP contribution in [0.4, 0.5) is 5.69 Å². The van der Waals surface area contributed by atoms with Crippen LogP contribution in [0.15, 0.2) is 18.2 Å². The van der Waals surface area contributed by atoms with E-state index in [1.165, 1.54) is 11.0 Å². The Labute approximate surface area is 120 Å². The number of nitrogens with two attached hydrogens (primary N) is 1. The molecule has 0 aromatic heterocycles. The van der Waals surface area contributed by atoms with Crippen molar-refractivity contribution in [2.24, 2.45) is 11.1 Å². The Bertz CT molecular complexity index is 630. The lowest BCUT2D eigenvalue weighted by molar-refractivity contribution is -0.385. The Morgan fingerprint density at radius 1 is 1.48 bits per heavy atom. The van der Waals surface area contributed by atoms with Crippen molar-refractivity contribution in [3.05, 3.63) is 33.9 Å². The third kappa shape index (κ3) is 2.64. The maximum atomic E-state index is 12.3. The Hall–Kier alpha value is -2.64. The van der Waals surface area contributed by atoms with Crippen molar-refractivity contribution in [3.63, 3.8) is 0 Å². The van der Waals surface area contributed by atoms with E-state index in [-0.39, 0.29) is 12.1 Å². The standard InChI is InChI=1S/C13H15N3O5/c1-13(12(14)19)4-5-15(7-13)11(18)8-2-3-9(16(20)21)10(17)6-8/h2-3,6,17H,4-5,7H2,1H3,(H2,14,19). The van der Waals surface area contributed by atoms with E-state index in [0.29, 0.717) is 13.0 Å². The fourth-order valence-electron chi connectivity index (χ4n) is 2.33. The van der Waals surface area contributed by atoms with Gasteiger partial charge in [-0.15, -0.1) is 0 Å². The zero-order valence-electron chi connectivity index (χ0n) is 11.4. The molecule has 112 valence electrons. The van der Waals surface area contributed by atoms with Crippen LogP contribution in [0.3, 0.4) is 0 Å². The number of rotatable bonds is 3. The largest absolute Gasteiger partial charge is 0.502 e. The van der Waals surface area contributed by atoms with Crippen LogP contribution in [0, 0.1) is 15.5 Å². The normalized spacial score (nSPS) is 21.3. The highest BCUT2D eigenvalue weighted by atomic mass is 16.6. The Morgan fingerprint density at radius 3 is 2.62 bits per heavy atom. The first kappa shape index (κ1) is 14.8. The summed E-state index contributed by atoms with van der Waals surface area (Å²) in [7, 11) is 0. The van der Waals surface area contributed by atoms with Crippen molar-refractivity contribution < 1.29 is 19.6 Å². The first-order valence-corrected chi connectivity index (χ1v) is 6.31. The summed E-state index contributed by atoms with van der Waals surface area (Å²) in [5.41, 5.74) is 4.22. The zero-order valence-corrected chi connectivity index (χ0v) is 11.4. The second kappa shape index (κ2) is 5.04. The van der Waals surface area contributed by atoms with Gasteiger partial charge < -0.3 is 15.7 Å². The number of hydrogen-bond acceptors (Lipinski definition) is 5. The maximum Gasteiger partial charge on any atom is 0.310 e. The summed E-state index contributed by atoms with van der Waals surface area (Å²) in [6.45, 7) is 2.25. The van der Waals surface area contributed by atoms with E-state index >= 15 is 0 Å². The molecule has 1 saturated heterocycles. The lowest BCUT2D eigenvalue weighted by atomic mass is 9.89. The molecule has 1 unspecified atom stereocenters. The monoisotopic (exact) mass is 293 g/mol. The summed E-state index contributed by atoms with van der Waals surface area (Å²) in [4.78, 5) is 35.0. The van der Waals surface area contributed by atoms with Crippen molar-refractivity contribution in [2.75, 3.05) is 13.1 Å². The van der Waals surface area contributed by atoms with Crippen molar-refractivity contribution in [1.82, 2.24) is 4.90 Å². The van der Waals surface area contributed by atoms with Crippen LogP contribution in [0.5, 0.6) is 5.75 Å². The van der Waals surface area contributed by atoms with Gasteiger partial charge in [-0.2, -0.15) is 0 Å². The van der Waals surface area contributed by atoms with Gasteiger partial charge in [-0.25, -0.2) is 0 Å². The highest BCUT2D eigenvalue weighted by Crippen LogP contribution is 2.32. The van der Waals surface area contributed by atoms with E-state index in [4.69, 9.17) is 5.73 Å². The highest BCUT2D eigenvalue weighted by molar-refractivity contribution is 5.96. The second-order valence-electron chi connectivity index (χ2n) is 5.36. The van der Waals surface area contributed by atoms with E-state index in [1.54, 1.807) is 6.92 Å². The fourth-order valence-corrected chi connectivity index (χ4v) is 2.33. The predicted octanol–water partition coefficient (Wildman–Crippen LogP) is 0.638. The number of likely N-dealkylation sites (tertiary alicyclic amines) is 1. The summed E-state index contributed by atoms with van der Waals surface area (Å²) in [5, 5.41) is 20.2. The molecule has 0 saturated carbocycles. The van der Waals surface area contributed by atoms with Gasteiger partial charge in [0.05, 0.1) is 10.3 Å². The summed E-state index contributed by atoms with van der Waals surface area (Å²) in [5.74, 6) is -1.43. The molecule has 1 fully saturated rings. The number of hydrogen-bond donors (Lipinski definition) is 2. The zero-order chi connectivity index (χ0) is 15.8. The molecule has 3 N–H and O–H groups in total. The molecular weight excluding hydrogens is 278 g/mol. The number of nitro benzene ring substituents is 1. The average molecular weight is 293 g/mol. The smallest absolute Gasteiger partial charge is 0.310 e.